The van der Waals surface area contributed by atoms with Gasteiger partial charge in [-0.1, -0.05) is 13.8 Å². The SMILES string of the molecule is CC(C)C(O)CNC(=O)c1cc(F)cc(C(F)(F)F)c1. The molecule has 7 heteroatoms. The molecular weight excluding hydrogens is 278 g/mol. The normalized spacial score (nSPS) is 13.4. The van der Waals surface area contributed by atoms with E-state index < -0.39 is 35.1 Å². The summed E-state index contributed by atoms with van der Waals surface area (Å²) in [6.45, 7) is 3.33. The van der Waals surface area contributed by atoms with Crippen LogP contribution >= 0.6 is 0 Å². The Hall–Kier alpha value is -1.63. The third kappa shape index (κ3) is 4.48. The van der Waals surface area contributed by atoms with E-state index in [0.29, 0.717) is 18.2 Å². The van der Waals surface area contributed by atoms with Crippen molar-refractivity contribution in [2.24, 2.45) is 5.92 Å². The fourth-order valence-electron chi connectivity index (χ4n) is 1.42. The standard InChI is InChI=1S/C13H15F4NO2/c1-7(2)11(19)6-18-12(20)8-3-9(13(15,16)17)5-10(14)4-8/h3-5,7,11,19H,6H2,1-2H3,(H,18,20). The summed E-state index contributed by atoms with van der Waals surface area (Å²) in [7, 11) is 0. The van der Waals surface area contributed by atoms with Gasteiger partial charge in [-0.3, -0.25) is 4.79 Å². The second-order valence-electron chi connectivity index (χ2n) is 4.75. The summed E-state index contributed by atoms with van der Waals surface area (Å²) in [5, 5.41) is 11.8. The highest BCUT2D eigenvalue weighted by Gasteiger charge is 2.32. The number of hydrogen-bond acceptors (Lipinski definition) is 2. The zero-order chi connectivity index (χ0) is 15.5. The van der Waals surface area contributed by atoms with Gasteiger partial charge in [0.2, 0.25) is 0 Å². The highest BCUT2D eigenvalue weighted by atomic mass is 19.4. The number of aliphatic hydroxyl groups excluding tert-OH is 1. The first-order valence-electron chi connectivity index (χ1n) is 5.95. The fourth-order valence-corrected chi connectivity index (χ4v) is 1.42. The Kier molecular flexibility index (Phi) is 5.10. The van der Waals surface area contributed by atoms with Crippen LogP contribution in [-0.2, 0) is 6.18 Å². The van der Waals surface area contributed by atoms with E-state index in [4.69, 9.17) is 0 Å². The Morgan fingerprint density at radius 3 is 2.40 bits per heavy atom. The zero-order valence-corrected chi connectivity index (χ0v) is 11.0. The van der Waals surface area contributed by atoms with Crippen molar-refractivity contribution in [1.82, 2.24) is 5.32 Å². The molecule has 0 spiro atoms. The molecule has 0 aliphatic heterocycles. The van der Waals surface area contributed by atoms with Crippen LogP contribution in [-0.4, -0.2) is 23.7 Å². The number of halogens is 4. The number of rotatable bonds is 4. The molecule has 0 aromatic heterocycles. The first kappa shape index (κ1) is 16.4. The van der Waals surface area contributed by atoms with Gasteiger partial charge in [0.05, 0.1) is 11.7 Å². The van der Waals surface area contributed by atoms with Crippen molar-refractivity contribution in [1.29, 1.82) is 0 Å². The molecule has 1 aromatic carbocycles. The molecule has 2 N–H and O–H groups in total. The van der Waals surface area contributed by atoms with Crippen LogP contribution in [0.2, 0.25) is 0 Å². The van der Waals surface area contributed by atoms with Gasteiger partial charge in [-0.15, -0.1) is 0 Å². The van der Waals surface area contributed by atoms with Crippen LogP contribution in [0.25, 0.3) is 0 Å². The van der Waals surface area contributed by atoms with Crippen LogP contribution in [0.15, 0.2) is 18.2 Å². The Morgan fingerprint density at radius 2 is 1.90 bits per heavy atom. The first-order chi connectivity index (χ1) is 9.11. The molecular formula is C13H15F4NO2. The summed E-state index contributed by atoms with van der Waals surface area (Å²) < 4.78 is 50.6. The minimum Gasteiger partial charge on any atom is -0.391 e. The van der Waals surface area contributed by atoms with Crippen LogP contribution in [0.1, 0.15) is 29.8 Å². The van der Waals surface area contributed by atoms with Crippen molar-refractivity contribution in [3.05, 3.63) is 35.1 Å². The minimum absolute atomic E-state index is 0.117. The van der Waals surface area contributed by atoms with Crippen molar-refractivity contribution in [2.45, 2.75) is 26.1 Å². The molecule has 1 amide bonds. The number of benzene rings is 1. The maximum absolute atomic E-state index is 13.1. The van der Waals surface area contributed by atoms with Crippen molar-refractivity contribution >= 4 is 5.91 Å². The van der Waals surface area contributed by atoms with Crippen LogP contribution in [0.3, 0.4) is 0 Å². The molecule has 0 bridgehead atoms. The van der Waals surface area contributed by atoms with Gasteiger partial charge < -0.3 is 10.4 Å². The van der Waals surface area contributed by atoms with Crippen LogP contribution in [0.4, 0.5) is 17.6 Å². The van der Waals surface area contributed by atoms with Gasteiger partial charge in [-0.25, -0.2) is 4.39 Å². The third-order valence-electron chi connectivity index (χ3n) is 2.73. The van der Waals surface area contributed by atoms with E-state index in [1.807, 2.05) is 0 Å². The number of carbonyl (C=O) groups excluding carboxylic acids is 1. The molecule has 0 radical (unpaired) electrons. The molecule has 112 valence electrons. The average Bonchev–Trinajstić information content (AvgIpc) is 2.33. The topological polar surface area (TPSA) is 49.3 Å². The van der Waals surface area contributed by atoms with Crippen molar-refractivity contribution in [3.8, 4) is 0 Å². The Bertz CT molecular complexity index is 486. The molecule has 0 fully saturated rings. The van der Waals surface area contributed by atoms with E-state index in [9.17, 15) is 27.5 Å². The Morgan fingerprint density at radius 1 is 1.30 bits per heavy atom. The molecule has 0 aliphatic carbocycles. The predicted octanol–water partition coefficient (Wildman–Crippen LogP) is 2.59. The number of amides is 1. The fraction of sp³-hybridized carbons (Fsp3) is 0.462. The minimum atomic E-state index is -4.73. The van der Waals surface area contributed by atoms with Gasteiger partial charge in [0.1, 0.15) is 5.82 Å². The summed E-state index contributed by atoms with van der Waals surface area (Å²) in [6.07, 6.45) is -5.55. The first-order valence-corrected chi connectivity index (χ1v) is 5.95. The summed E-state index contributed by atoms with van der Waals surface area (Å²) in [4.78, 5) is 11.6. The molecule has 0 heterocycles. The maximum atomic E-state index is 13.1. The van der Waals surface area contributed by atoms with Gasteiger partial charge in [-0.05, 0) is 24.1 Å². The molecule has 0 saturated heterocycles. The number of aliphatic hydroxyl groups is 1. The second kappa shape index (κ2) is 6.21. The summed E-state index contributed by atoms with van der Waals surface area (Å²) >= 11 is 0. The van der Waals surface area contributed by atoms with E-state index >= 15 is 0 Å². The van der Waals surface area contributed by atoms with Gasteiger partial charge in [0, 0.05) is 12.1 Å². The molecule has 20 heavy (non-hydrogen) atoms. The Labute approximate surface area is 113 Å². The van der Waals surface area contributed by atoms with E-state index in [1.165, 1.54) is 0 Å². The van der Waals surface area contributed by atoms with Crippen molar-refractivity contribution in [3.63, 3.8) is 0 Å². The summed E-state index contributed by atoms with van der Waals surface area (Å²) in [5.74, 6) is -2.13. The highest BCUT2D eigenvalue weighted by molar-refractivity contribution is 5.94. The predicted molar refractivity (Wildman–Crippen MR) is 64.6 cm³/mol. The lowest BCUT2D eigenvalue weighted by atomic mass is 10.1. The summed E-state index contributed by atoms with van der Waals surface area (Å²) in [5.41, 5.74) is -1.67. The van der Waals surface area contributed by atoms with E-state index in [2.05, 4.69) is 5.32 Å². The molecule has 1 rings (SSSR count). The lowest BCUT2D eigenvalue weighted by Gasteiger charge is -2.15. The molecule has 3 nitrogen and oxygen atoms in total. The third-order valence-corrected chi connectivity index (χ3v) is 2.73. The van der Waals surface area contributed by atoms with Gasteiger partial charge in [-0.2, -0.15) is 13.2 Å². The number of alkyl halides is 3. The van der Waals surface area contributed by atoms with Gasteiger partial charge >= 0.3 is 6.18 Å². The molecule has 1 aromatic rings. The number of hydrogen-bond donors (Lipinski definition) is 2. The number of nitrogens with one attached hydrogen (secondary N) is 1. The maximum Gasteiger partial charge on any atom is 0.416 e. The van der Waals surface area contributed by atoms with Crippen LogP contribution in [0, 0.1) is 11.7 Å². The molecule has 1 unspecified atom stereocenters. The van der Waals surface area contributed by atoms with Crippen molar-refractivity contribution in [2.75, 3.05) is 6.54 Å². The van der Waals surface area contributed by atoms with Gasteiger partial charge in [0.15, 0.2) is 0 Å². The largest absolute Gasteiger partial charge is 0.416 e. The lowest BCUT2D eigenvalue weighted by Crippen LogP contribution is -2.34. The Balaban J connectivity index is 2.86. The van der Waals surface area contributed by atoms with E-state index in [-0.39, 0.29) is 12.5 Å². The summed E-state index contributed by atoms with van der Waals surface area (Å²) in [6, 6.07) is 1.60. The van der Waals surface area contributed by atoms with Crippen molar-refractivity contribution < 1.29 is 27.5 Å². The zero-order valence-electron chi connectivity index (χ0n) is 11.0. The smallest absolute Gasteiger partial charge is 0.391 e. The molecule has 0 aliphatic rings. The quantitative estimate of drug-likeness (QED) is 0.838. The number of carbonyl (C=O) groups is 1. The monoisotopic (exact) mass is 293 g/mol. The van der Waals surface area contributed by atoms with E-state index in [1.54, 1.807) is 13.8 Å². The molecule has 1 atom stereocenters. The van der Waals surface area contributed by atoms with Crippen LogP contribution in [0.5, 0.6) is 0 Å². The highest BCUT2D eigenvalue weighted by Crippen LogP contribution is 2.30. The molecule has 0 saturated carbocycles. The lowest BCUT2D eigenvalue weighted by molar-refractivity contribution is -0.137. The average molecular weight is 293 g/mol. The second-order valence-corrected chi connectivity index (χ2v) is 4.75. The van der Waals surface area contributed by atoms with Crippen LogP contribution < -0.4 is 5.32 Å². The van der Waals surface area contributed by atoms with E-state index in [0.717, 1.165) is 0 Å². The van der Waals surface area contributed by atoms with Gasteiger partial charge in [0.25, 0.3) is 5.91 Å².